The predicted octanol–water partition coefficient (Wildman–Crippen LogP) is 0.808. The van der Waals surface area contributed by atoms with Crippen LogP contribution in [0.2, 0.25) is 0 Å². The van der Waals surface area contributed by atoms with Crippen molar-refractivity contribution in [3.8, 4) is 0 Å². The summed E-state index contributed by atoms with van der Waals surface area (Å²) in [4.78, 5) is 61.0. The molecule has 0 bridgehead atoms. The number of nitrogens with one attached hydrogen (secondary N) is 1. The third kappa shape index (κ3) is 4.84. The van der Waals surface area contributed by atoms with Gasteiger partial charge in [-0.05, 0) is 30.5 Å². The molecule has 160 valence electrons. The lowest BCUT2D eigenvalue weighted by Crippen LogP contribution is -2.38. The molecular weight excluding hydrogens is 392 g/mol. The van der Waals surface area contributed by atoms with E-state index in [-0.39, 0.29) is 30.2 Å². The van der Waals surface area contributed by atoms with Gasteiger partial charge in [-0.3, -0.25) is 24.1 Å². The molecule has 1 heterocycles. The van der Waals surface area contributed by atoms with Crippen molar-refractivity contribution in [3.05, 3.63) is 35.4 Å². The van der Waals surface area contributed by atoms with E-state index in [0.717, 1.165) is 23.3 Å². The summed E-state index contributed by atoms with van der Waals surface area (Å²) in [5, 5.41) is 2.59. The van der Waals surface area contributed by atoms with Crippen LogP contribution < -0.4 is 5.32 Å². The van der Waals surface area contributed by atoms with Gasteiger partial charge in [0.25, 0.3) is 5.91 Å². The van der Waals surface area contributed by atoms with Crippen LogP contribution >= 0.6 is 0 Å². The van der Waals surface area contributed by atoms with Crippen molar-refractivity contribution >= 4 is 29.7 Å². The normalized spacial score (nSPS) is 20.5. The molecule has 3 rings (SSSR count). The van der Waals surface area contributed by atoms with Crippen LogP contribution in [0.15, 0.2) is 24.3 Å². The zero-order chi connectivity index (χ0) is 21.7. The number of carbonyl (C=O) groups excluding carboxylic acids is 5. The van der Waals surface area contributed by atoms with Crippen LogP contribution in [0.4, 0.5) is 0 Å². The summed E-state index contributed by atoms with van der Waals surface area (Å²) >= 11 is 0. The van der Waals surface area contributed by atoms with Gasteiger partial charge in [0.1, 0.15) is 6.54 Å². The molecule has 0 aromatic heterocycles. The zero-order valence-electron chi connectivity index (χ0n) is 16.7. The summed E-state index contributed by atoms with van der Waals surface area (Å²) in [6, 6.07) is 6.50. The molecule has 30 heavy (non-hydrogen) atoms. The van der Waals surface area contributed by atoms with E-state index in [1.807, 2.05) is 0 Å². The molecule has 0 radical (unpaired) electrons. The molecule has 1 aliphatic heterocycles. The smallest absolute Gasteiger partial charge is 0.337 e. The summed E-state index contributed by atoms with van der Waals surface area (Å²) in [7, 11) is 1.29. The first kappa shape index (κ1) is 21.5. The summed E-state index contributed by atoms with van der Waals surface area (Å²) in [5.74, 6) is -3.06. The fourth-order valence-corrected chi connectivity index (χ4v) is 3.84. The molecular formula is C21H24N2O7. The Labute approximate surface area is 173 Å². The van der Waals surface area contributed by atoms with E-state index >= 15 is 0 Å². The third-order valence-electron chi connectivity index (χ3n) is 5.45. The zero-order valence-corrected chi connectivity index (χ0v) is 16.7. The summed E-state index contributed by atoms with van der Waals surface area (Å²) in [6.07, 6.45) is 3.15. The number of methoxy groups -OCH3 is 1. The topological polar surface area (TPSA) is 119 Å². The molecule has 2 fully saturated rings. The van der Waals surface area contributed by atoms with Crippen molar-refractivity contribution in [2.75, 3.05) is 20.3 Å². The Bertz CT molecular complexity index is 825. The fraction of sp³-hybridized carbons (Fsp3) is 0.476. The van der Waals surface area contributed by atoms with Crippen molar-refractivity contribution < 1.29 is 33.4 Å². The first-order valence-corrected chi connectivity index (χ1v) is 9.85. The maximum Gasteiger partial charge on any atom is 0.337 e. The minimum atomic E-state index is -0.798. The molecule has 0 spiro atoms. The monoisotopic (exact) mass is 416 g/mol. The number of hydrogen-bond acceptors (Lipinski definition) is 7. The molecule has 1 aromatic rings. The van der Waals surface area contributed by atoms with Crippen molar-refractivity contribution in [2.45, 2.75) is 32.2 Å². The third-order valence-corrected chi connectivity index (χ3v) is 5.45. The number of rotatable bonds is 7. The molecule has 1 aromatic carbocycles. The van der Waals surface area contributed by atoms with Crippen molar-refractivity contribution in [1.82, 2.24) is 10.2 Å². The number of likely N-dealkylation sites (tertiary alicyclic amines) is 1. The summed E-state index contributed by atoms with van der Waals surface area (Å²) < 4.78 is 9.53. The van der Waals surface area contributed by atoms with Crippen LogP contribution in [0.3, 0.4) is 0 Å². The van der Waals surface area contributed by atoms with Gasteiger partial charge in [-0.2, -0.15) is 0 Å². The second kappa shape index (κ2) is 9.51. The molecule has 1 saturated heterocycles. The van der Waals surface area contributed by atoms with E-state index in [1.165, 1.54) is 7.11 Å². The molecule has 2 atom stereocenters. The lowest BCUT2D eigenvalue weighted by Gasteiger charge is -2.19. The standard InChI is InChI=1S/C21H24N2O7/c1-29-21(28)14-8-6-13(7-9-14)10-22-17(24)12-30-18(25)11-23-19(26)15-4-2-3-5-16(15)20(23)27/h6-9,15-16H,2-5,10-12H2,1H3,(H,22,24)/t15-,16-/m0/s1. The first-order valence-electron chi connectivity index (χ1n) is 9.85. The quantitative estimate of drug-likeness (QED) is 0.516. The SMILES string of the molecule is COC(=O)c1ccc(CNC(=O)COC(=O)CN2C(=O)[C@H]3CCCC[C@@H]3C2=O)cc1. The van der Waals surface area contributed by atoms with Crippen molar-refractivity contribution in [3.63, 3.8) is 0 Å². The molecule has 9 nitrogen and oxygen atoms in total. The number of fused-ring (bicyclic) bond motifs is 1. The van der Waals surface area contributed by atoms with E-state index in [2.05, 4.69) is 10.1 Å². The number of hydrogen-bond donors (Lipinski definition) is 1. The Morgan fingerprint density at radius 1 is 1.03 bits per heavy atom. The number of ether oxygens (including phenoxy) is 2. The van der Waals surface area contributed by atoms with E-state index in [9.17, 15) is 24.0 Å². The van der Waals surface area contributed by atoms with Crippen molar-refractivity contribution in [1.29, 1.82) is 0 Å². The summed E-state index contributed by atoms with van der Waals surface area (Å²) in [5.41, 5.74) is 1.14. The van der Waals surface area contributed by atoms with Crippen LogP contribution in [-0.2, 0) is 35.2 Å². The number of carbonyl (C=O) groups is 5. The lowest BCUT2D eigenvalue weighted by molar-refractivity contribution is -0.154. The highest BCUT2D eigenvalue weighted by Crippen LogP contribution is 2.37. The van der Waals surface area contributed by atoms with Crippen LogP contribution in [0.5, 0.6) is 0 Å². The van der Waals surface area contributed by atoms with Gasteiger partial charge in [0.05, 0.1) is 24.5 Å². The number of esters is 2. The van der Waals surface area contributed by atoms with Gasteiger partial charge in [0.2, 0.25) is 11.8 Å². The van der Waals surface area contributed by atoms with Crippen LogP contribution in [0.1, 0.15) is 41.6 Å². The molecule has 2 aliphatic rings. The predicted molar refractivity (Wildman–Crippen MR) is 103 cm³/mol. The van der Waals surface area contributed by atoms with Crippen LogP contribution in [0.25, 0.3) is 0 Å². The second-order valence-electron chi connectivity index (χ2n) is 7.39. The maximum atomic E-state index is 12.4. The van der Waals surface area contributed by atoms with E-state index in [1.54, 1.807) is 24.3 Å². The molecule has 9 heteroatoms. The maximum absolute atomic E-state index is 12.4. The Balaban J connectivity index is 1.41. The lowest BCUT2D eigenvalue weighted by atomic mass is 9.81. The number of imide groups is 1. The van der Waals surface area contributed by atoms with Crippen molar-refractivity contribution in [2.24, 2.45) is 11.8 Å². The molecule has 1 N–H and O–H groups in total. The molecule has 1 saturated carbocycles. The number of amides is 3. The average molecular weight is 416 g/mol. The van der Waals surface area contributed by atoms with Gasteiger partial charge in [-0.1, -0.05) is 25.0 Å². The first-order chi connectivity index (χ1) is 14.4. The van der Waals surface area contributed by atoms with Gasteiger partial charge in [-0.25, -0.2) is 4.79 Å². The van der Waals surface area contributed by atoms with E-state index in [0.29, 0.717) is 18.4 Å². The highest BCUT2D eigenvalue weighted by Gasteiger charge is 2.48. The second-order valence-corrected chi connectivity index (χ2v) is 7.39. The van der Waals surface area contributed by atoms with Gasteiger partial charge in [-0.15, -0.1) is 0 Å². The molecule has 1 aliphatic carbocycles. The highest BCUT2D eigenvalue weighted by atomic mass is 16.5. The minimum absolute atomic E-state index is 0.185. The van der Waals surface area contributed by atoms with Crippen LogP contribution in [0, 0.1) is 11.8 Å². The summed E-state index contributed by atoms with van der Waals surface area (Å²) in [6.45, 7) is -0.792. The molecule has 3 amide bonds. The van der Waals surface area contributed by atoms with Crippen LogP contribution in [-0.4, -0.2) is 54.8 Å². The van der Waals surface area contributed by atoms with Gasteiger partial charge in [0, 0.05) is 6.54 Å². The Morgan fingerprint density at radius 2 is 1.63 bits per heavy atom. The van der Waals surface area contributed by atoms with E-state index < -0.39 is 31.0 Å². The Hall–Kier alpha value is -3.23. The van der Waals surface area contributed by atoms with E-state index in [4.69, 9.17) is 4.74 Å². The number of nitrogens with zero attached hydrogens (tertiary/aromatic N) is 1. The van der Waals surface area contributed by atoms with Gasteiger partial charge in [0.15, 0.2) is 6.61 Å². The molecule has 0 unspecified atom stereocenters. The van der Waals surface area contributed by atoms with Gasteiger partial charge >= 0.3 is 11.9 Å². The fourth-order valence-electron chi connectivity index (χ4n) is 3.84. The van der Waals surface area contributed by atoms with Gasteiger partial charge < -0.3 is 14.8 Å². The average Bonchev–Trinajstić information content (AvgIpc) is 3.01. The number of benzene rings is 1. The Kier molecular flexibility index (Phi) is 6.81. The highest BCUT2D eigenvalue weighted by molar-refractivity contribution is 6.07. The minimum Gasteiger partial charge on any atom is -0.465 e. The Morgan fingerprint density at radius 3 is 2.20 bits per heavy atom. The largest absolute Gasteiger partial charge is 0.465 e.